The predicted molar refractivity (Wildman–Crippen MR) is 94.5 cm³/mol. The average Bonchev–Trinajstić information content (AvgIpc) is 2.65. The molecule has 0 saturated carbocycles. The van der Waals surface area contributed by atoms with Crippen molar-refractivity contribution in [2.45, 2.75) is 0 Å². The predicted octanol–water partition coefficient (Wildman–Crippen LogP) is 3.05. The number of Topliss-reactive ketones (excluding diaryl/α,β-unsaturated/α-hetero) is 1. The lowest BCUT2D eigenvalue weighted by Gasteiger charge is -2.28. The number of carbonyl (C=O) groups is 1. The van der Waals surface area contributed by atoms with E-state index in [4.69, 9.17) is 14.2 Å². The minimum atomic E-state index is -3.87. The lowest BCUT2D eigenvalue weighted by molar-refractivity contribution is 0.103. The molecular formula is C18H18NO5P. The highest BCUT2D eigenvalue weighted by molar-refractivity contribution is 7.61. The molecule has 2 N–H and O–H groups in total. The Kier molecular flexibility index (Phi) is 5.04. The molecule has 7 heteroatoms. The number of para-hydroxylation sites is 1. The number of aliphatic hydroxyl groups is 1. The van der Waals surface area contributed by atoms with Crippen molar-refractivity contribution >= 4 is 19.1 Å². The highest BCUT2D eigenvalue weighted by atomic mass is 31.2. The van der Waals surface area contributed by atoms with E-state index in [0.29, 0.717) is 16.8 Å². The quantitative estimate of drug-likeness (QED) is 0.631. The fourth-order valence-electron chi connectivity index (χ4n) is 2.65. The largest absolute Gasteiger partial charge is 0.420 e. The molecule has 0 unspecified atom stereocenters. The highest BCUT2D eigenvalue weighted by Crippen LogP contribution is 2.61. The van der Waals surface area contributed by atoms with Gasteiger partial charge in [0.1, 0.15) is 11.1 Å². The molecule has 1 aliphatic rings. The molecule has 0 bridgehead atoms. The van der Waals surface area contributed by atoms with E-state index in [-0.39, 0.29) is 24.2 Å². The summed E-state index contributed by atoms with van der Waals surface area (Å²) in [6.45, 7) is 0.0406. The van der Waals surface area contributed by atoms with Gasteiger partial charge in [-0.05, 0) is 17.7 Å². The van der Waals surface area contributed by atoms with Gasteiger partial charge < -0.3 is 14.9 Å². The number of benzene rings is 2. The van der Waals surface area contributed by atoms with Crippen LogP contribution in [0.5, 0.6) is 5.75 Å². The third-order valence-corrected chi connectivity index (χ3v) is 5.68. The maximum atomic E-state index is 13.3. The molecule has 1 aliphatic heterocycles. The summed E-state index contributed by atoms with van der Waals surface area (Å²) in [5, 5.41) is 12.1. The van der Waals surface area contributed by atoms with Crippen LogP contribution >= 0.6 is 7.60 Å². The highest BCUT2D eigenvalue weighted by Gasteiger charge is 2.44. The SMILES string of the molecule is CO[P@]1(=O)Oc2ccccc2C(=O)/C1=C(\NCCO)c1ccccc1. The second-order valence-electron chi connectivity index (χ2n) is 5.34. The fourth-order valence-corrected chi connectivity index (χ4v) is 4.27. The van der Waals surface area contributed by atoms with Gasteiger partial charge >= 0.3 is 7.60 Å². The van der Waals surface area contributed by atoms with Crippen LogP contribution in [0, 0.1) is 0 Å². The van der Waals surface area contributed by atoms with Crippen molar-refractivity contribution < 1.29 is 23.5 Å². The fraction of sp³-hybridized carbons (Fsp3) is 0.167. The number of fused-ring (bicyclic) bond motifs is 1. The maximum Gasteiger partial charge on any atom is 0.416 e. The van der Waals surface area contributed by atoms with Gasteiger partial charge in [-0.2, -0.15) is 0 Å². The van der Waals surface area contributed by atoms with Crippen LogP contribution < -0.4 is 9.84 Å². The molecule has 25 heavy (non-hydrogen) atoms. The lowest BCUT2D eigenvalue weighted by atomic mass is 10.1. The topological polar surface area (TPSA) is 84.9 Å². The molecule has 1 atom stereocenters. The molecule has 0 fully saturated rings. The molecule has 0 saturated heterocycles. The van der Waals surface area contributed by atoms with E-state index in [1.165, 1.54) is 7.11 Å². The summed E-state index contributed by atoms with van der Waals surface area (Å²) in [6.07, 6.45) is 0. The van der Waals surface area contributed by atoms with Crippen LogP contribution in [0.15, 0.2) is 59.9 Å². The van der Waals surface area contributed by atoms with Crippen molar-refractivity contribution in [3.8, 4) is 5.75 Å². The summed E-state index contributed by atoms with van der Waals surface area (Å²) in [4.78, 5) is 13.1. The first-order chi connectivity index (χ1) is 12.1. The Bertz CT molecular complexity index is 863. The van der Waals surface area contributed by atoms with Gasteiger partial charge in [-0.15, -0.1) is 0 Å². The molecule has 2 aromatic rings. The maximum absolute atomic E-state index is 13.3. The van der Waals surface area contributed by atoms with E-state index in [9.17, 15) is 9.36 Å². The Balaban J connectivity index is 2.26. The van der Waals surface area contributed by atoms with Gasteiger partial charge in [0, 0.05) is 13.7 Å². The molecule has 1 heterocycles. The van der Waals surface area contributed by atoms with Gasteiger partial charge in [0.25, 0.3) is 0 Å². The Hall–Kier alpha value is -2.40. The van der Waals surface area contributed by atoms with E-state index in [0.717, 1.165) is 0 Å². The summed E-state index contributed by atoms with van der Waals surface area (Å²) in [5.74, 6) is -0.188. The van der Waals surface area contributed by atoms with E-state index in [1.807, 2.05) is 6.07 Å². The van der Waals surface area contributed by atoms with Gasteiger partial charge in [0.05, 0.1) is 17.9 Å². The molecule has 0 spiro atoms. The smallest absolute Gasteiger partial charge is 0.416 e. The van der Waals surface area contributed by atoms with Crippen molar-refractivity contribution in [3.05, 3.63) is 71.0 Å². The van der Waals surface area contributed by atoms with Crippen LogP contribution in [-0.2, 0) is 9.09 Å². The Labute approximate surface area is 145 Å². The van der Waals surface area contributed by atoms with Crippen molar-refractivity contribution in [1.82, 2.24) is 5.32 Å². The third-order valence-electron chi connectivity index (χ3n) is 3.79. The lowest BCUT2D eigenvalue weighted by Crippen LogP contribution is -2.24. The van der Waals surface area contributed by atoms with Crippen molar-refractivity contribution in [1.29, 1.82) is 0 Å². The van der Waals surface area contributed by atoms with E-state index >= 15 is 0 Å². The van der Waals surface area contributed by atoms with Crippen LogP contribution in [-0.4, -0.2) is 31.2 Å². The van der Waals surface area contributed by atoms with E-state index in [2.05, 4.69) is 5.32 Å². The van der Waals surface area contributed by atoms with E-state index < -0.39 is 13.4 Å². The number of hydrogen-bond donors (Lipinski definition) is 2. The minimum absolute atomic E-state index is 0.0617. The first-order valence-corrected chi connectivity index (χ1v) is 9.29. The number of hydrogen-bond acceptors (Lipinski definition) is 6. The molecular weight excluding hydrogens is 341 g/mol. The standard InChI is InChI=1S/C18H18NO5P/c1-23-25(22)18(17(21)14-9-5-6-10-15(14)24-25)16(19-11-12-20)13-7-3-2-4-8-13/h2-10,19-20H,11-12H2,1H3/b18-16+/t25-/m0/s1. The average molecular weight is 359 g/mol. The number of ketones is 1. The first kappa shape index (κ1) is 17.4. The Morgan fingerprint density at radius 1 is 1.16 bits per heavy atom. The van der Waals surface area contributed by atoms with Gasteiger partial charge in [0.2, 0.25) is 5.78 Å². The second-order valence-corrected chi connectivity index (χ2v) is 7.33. The molecule has 0 amide bonds. The van der Waals surface area contributed by atoms with Crippen LogP contribution in [0.2, 0.25) is 0 Å². The third kappa shape index (κ3) is 3.24. The van der Waals surface area contributed by atoms with Gasteiger partial charge in [0.15, 0.2) is 0 Å². The van der Waals surface area contributed by atoms with Crippen molar-refractivity contribution in [2.75, 3.05) is 20.3 Å². The van der Waals surface area contributed by atoms with Crippen molar-refractivity contribution in [3.63, 3.8) is 0 Å². The zero-order chi connectivity index (χ0) is 17.9. The zero-order valence-electron chi connectivity index (χ0n) is 13.6. The van der Waals surface area contributed by atoms with Crippen molar-refractivity contribution in [2.24, 2.45) is 0 Å². The summed E-state index contributed by atoms with van der Waals surface area (Å²) < 4.78 is 24.0. The van der Waals surface area contributed by atoms with Crippen LogP contribution in [0.25, 0.3) is 5.70 Å². The monoisotopic (exact) mass is 359 g/mol. The Morgan fingerprint density at radius 2 is 1.84 bits per heavy atom. The number of aliphatic hydroxyl groups excluding tert-OH is 1. The van der Waals surface area contributed by atoms with Gasteiger partial charge in [-0.3, -0.25) is 9.32 Å². The Morgan fingerprint density at radius 3 is 2.52 bits per heavy atom. The normalized spacial score (nSPS) is 21.3. The van der Waals surface area contributed by atoms with Crippen LogP contribution in [0.1, 0.15) is 15.9 Å². The minimum Gasteiger partial charge on any atom is -0.420 e. The number of allylic oxidation sites excluding steroid dienone is 1. The molecule has 2 aromatic carbocycles. The van der Waals surface area contributed by atoms with E-state index in [1.54, 1.807) is 48.5 Å². The summed E-state index contributed by atoms with van der Waals surface area (Å²) in [7, 11) is -2.62. The van der Waals surface area contributed by atoms with Crippen LogP contribution in [0.3, 0.4) is 0 Å². The number of nitrogens with one attached hydrogen (secondary N) is 1. The summed E-state index contributed by atoms with van der Waals surface area (Å²) in [6, 6.07) is 15.6. The van der Waals surface area contributed by atoms with Crippen LogP contribution in [0.4, 0.5) is 0 Å². The van der Waals surface area contributed by atoms with Gasteiger partial charge in [-0.25, -0.2) is 4.57 Å². The number of carbonyl (C=O) groups excluding carboxylic acids is 1. The first-order valence-electron chi connectivity index (χ1n) is 7.75. The summed E-state index contributed by atoms with van der Waals surface area (Å²) in [5.41, 5.74) is 1.30. The van der Waals surface area contributed by atoms with Gasteiger partial charge in [-0.1, -0.05) is 42.5 Å². The number of rotatable bonds is 5. The second kappa shape index (κ2) is 7.23. The zero-order valence-corrected chi connectivity index (χ0v) is 14.5. The molecule has 0 aliphatic carbocycles. The molecule has 130 valence electrons. The molecule has 0 aromatic heterocycles. The molecule has 0 radical (unpaired) electrons. The summed E-state index contributed by atoms with van der Waals surface area (Å²) >= 11 is 0. The molecule has 6 nitrogen and oxygen atoms in total. The molecule has 3 rings (SSSR count).